The molecule has 1 fully saturated rings. The molecule has 0 radical (unpaired) electrons. The Balaban J connectivity index is 1.82. The molecule has 30 heavy (non-hydrogen) atoms. The van der Waals surface area contributed by atoms with E-state index in [1.54, 1.807) is 13.8 Å². The lowest BCUT2D eigenvalue weighted by Gasteiger charge is -2.34. The Morgan fingerprint density at radius 2 is 1.77 bits per heavy atom. The Morgan fingerprint density at radius 3 is 2.40 bits per heavy atom. The molecule has 2 heterocycles. The molecule has 1 aliphatic rings. The van der Waals surface area contributed by atoms with Crippen LogP contribution in [0.5, 0.6) is 0 Å². The zero-order valence-electron chi connectivity index (χ0n) is 16.2. The van der Waals surface area contributed by atoms with Gasteiger partial charge in [-0.1, -0.05) is 12.1 Å². The molecule has 2 atom stereocenters. The highest BCUT2D eigenvalue weighted by Crippen LogP contribution is 2.28. The molecule has 2 aromatic rings. The number of carbonyl (C=O) groups is 1. The molecule has 1 aromatic heterocycles. The van der Waals surface area contributed by atoms with E-state index in [0.717, 1.165) is 12.1 Å². The molecular formula is C19H20F3N3O4S. The minimum atomic E-state index is -4.65. The number of rotatable bonds is 4. The van der Waals surface area contributed by atoms with Crippen LogP contribution in [0.2, 0.25) is 0 Å². The molecule has 1 amide bonds. The molecule has 3 rings (SSSR count). The van der Waals surface area contributed by atoms with E-state index < -0.39 is 27.8 Å². The number of nitrogens with one attached hydrogen (secondary N) is 1. The van der Waals surface area contributed by atoms with E-state index in [9.17, 15) is 26.4 Å². The van der Waals surface area contributed by atoms with Gasteiger partial charge in [0.1, 0.15) is 11.5 Å². The molecule has 0 aliphatic carbocycles. The standard InChI is InChI=1S/C19H20F3N3O4S/c1-12-10-25(11-13(2)29-12)30(27,28)15-6-3-5-14(9-15)18(26)24-17-8-4-7-16(23-17)19(20,21)22/h3-9,12-13H,10-11H2,1-2H3,(H,23,24,26)/t12-,13-/m1/s1. The number of alkyl halides is 3. The van der Waals surface area contributed by atoms with E-state index >= 15 is 0 Å². The maximum atomic E-state index is 13.0. The number of benzene rings is 1. The van der Waals surface area contributed by atoms with E-state index in [2.05, 4.69) is 10.3 Å². The van der Waals surface area contributed by atoms with E-state index in [0.29, 0.717) is 0 Å². The fourth-order valence-electron chi connectivity index (χ4n) is 3.12. The molecule has 0 bridgehead atoms. The Hall–Kier alpha value is -2.50. The number of amides is 1. The second-order valence-corrected chi connectivity index (χ2v) is 8.91. The molecule has 1 aliphatic heterocycles. The van der Waals surface area contributed by atoms with Crippen molar-refractivity contribution in [3.8, 4) is 0 Å². The minimum absolute atomic E-state index is 0.0235. The predicted octanol–water partition coefficient (Wildman–Crippen LogP) is 3.15. The molecule has 1 aromatic carbocycles. The number of carbonyl (C=O) groups excluding carboxylic acids is 1. The molecular weight excluding hydrogens is 423 g/mol. The number of halogens is 3. The molecule has 0 spiro atoms. The van der Waals surface area contributed by atoms with Crippen molar-refractivity contribution in [2.24, 2.45) is 0 Å². The summed E-state index contributed by atoms with van der Waals surface area (Å²) >= 11 is 0. The Bertz CT molecular complexity index is 1030. The van der Waals surface area contributed by atoms with Crippen LogP contribution in [0.15, 0.2) is 47.4 Å². The predicted molar refractivity (Wildman–Crippen MR) is 102 cm³/mol. The normalized spacial score (nSPS) is 20.7. The summed E-state index contributed by atoms with van der Waals surface area (Å²) in [6.07, 6.45) is -5.20. The van der Waals surface area contributed by atoms with E-state index in [1.165, 1.54) is 34.6 Å². The van der Waals surface area contributed by atoms with Crippen molar-refractivity contribution in [1.82, 2.24) is 9.29 Å². The van der Waals surface area contributed by atoms with Crippen molar-refractivity contribution in [2.45, 2.75) is 37.1 Å². The van der Waals surface area contributed by atoms with Crippen LogP contribution >= 0.6 is 0 Å². The number of aromatic nitrogens is 1. The van der Waals surface area contributed by atoms with Crippen molar-refractivity contribution in [2.75, 3.05) is 18.4 Å². The summed E-state index contributed by atoms with van der Waals surface area (Å²) in [5.41, 5.74) is -1.17. The number of anilines is 1. The largest absolute Gasteiger partial charge is 0.433 e. The van der Waals surface area contributed by atoms with E-state index in [1.807, 2.05) is 0 Å². The lowest BCUT2D eigenvalue weighted by molar-refractivity contribution is -0.141. The van der Waals surface area contributed by atoms with Gasteiger partial charge in [0.15, 0.2) is 0 Å². The third-order valence-corrected chi connectivity index (χ3v) is 6.23. The smallest absolute Gasteiger partial charge is 0.373 e. The highest BCUT2D eigenvalue weighted by molar-refractivity contribution is 7.89. The van der Waals surface area contributed by atoms with Gasteiger partial charge in [-0.05, 0) is 44.2 Å². The molecule has 11 heteroatoms. The van der Waals surface area contributed by atoms with Crippen molar-refractivity contribution >= 4 is 21.7 Å². The number of pyridine rings is 1. The van der Waals surface area contributed by atoms with Gasteiger partial charge in [-0.2, -0.15) is 17.5 Å². The third kappa shape index (κ3) is 4.97. The fourth-order valence-corrected chi connectivity index (χ4v) is 4.76. The Morgan fingerprint density at radius 1 is 1.13 bits per heavy atom. The summed E-state index contributed by atoms with van der Waals surface area (Å²) in [5, 5.41) is 2.26. The Labute approximate surface area is 171 Å². The molecule has 7 nitrogen and oxygen atoms in total. The van der Waals surface area contributed by atoms with Crippen molar-refractivity contribution in [1.29, 1.82) is 0 Å². The van der Waals surface area contributed by atoms with Gasteiger partial charge in [-0.15, -0.1) is 0 Å². The lowest BCUT2D eigenvalue weighted by atomic mass is 10.2. The molecule has 0 saturated carbocycles. The fraction of sp³-hybridized carbons (Fsp3) is 0.368. The van der Waals surface area contributed by atoms with E-state index in [-0.39, 0.29) is 41.6 Å². The van der Waals surface area contributed by atoms with Crippen molar-refractivity contribution < 1.29 is 31.1 Å². The van der Waals surface area contributed by atoms with Crippen LogP contribution in [0, 0.1) is 0 Å². The van der Waals surface area contributed by atoms with Gasteiger partial charge < -0.3 is 10.1 Å². The minimum Gasteiger partial charge on any atom is -0.373 e. The first kappa shape index (κ1) is 22.2. The van der Waals surface area contributed by atoms with Crippen LogP contribution in [0.4, 0.5) is 19.0 Å². The van der Waals surface area contributed by atoms with Crippen LogP contribution < -0.4 is 5.32 Å². The zero-order valence-corrected chi connectivity index (χ0v) is 17.0. The summed E-state index contributed by atoms with van der Waals surface area (Å²) in [4.78, 5) is 15.8. The van der Waals surface area contributed by atoms with E-state index in [4.69, 9.17) is 4.74 Å². The zero-order chi connectivity index (χ0) is 22.1. The summed E-state index contributed by atoms with van der Waals surface area (Å²) in [6, 6.07) is 8.42. The summed E-state index contributed by atoms with van der Waals surface area (Å²) < 4.78 is 71.1. The first-order valence-electron chi connectivity index (χ1n) is 9.08. The van der Waals surface area contributed by atoms with Crippen LogP contribution in [-0.2, 0) is 20.9 Å². The first-order valence-corrected chi connectivity index (χ1v) is 10.5. The summed E-state index contributed by atoms with van der Waals surface area (Å²) in [6.45, 7) is 3.89. The number of morpholine rings is 1. The SMILES string of the molecule is C[C@@H]1CN(S(=O)(=O)c2cccc(C(=O)Nc3cccc(C(F)(F)F)n3)c2)C[C@@H](C)O1. The topological polar surface area (TPSA) is 88.6 Å². The first-order chi connectivity index (χ1) is 14.0. The van der Waals surface area contributed by atoms with Gasteiger partial charge in [-0.3, -0.25) is 4.79 Å². The summed E-state index contributed by atoms with van der Waals surface area (Å²) in [5.74, 6) is -1.07. The number of hydrogen-bond acceptors (Lipinski definition) is 5. The third-order valence-electron chi connectivity index (χ3n) is 4.40. The average molecular weight is 443 g/mol. The maximum Gasteiger partial charge on any atom is 0.433 e. The number of sulfonamides is 1. The number of nitrogens with zero attached hydrogens (tertiary/aromatic N) is 2. The molecule has 162 valence electrons. The molecule has 1 N–H and O–H groups in total. The highest BCUT2D eigenvalue weighted by atomic mass is 32.2. The van der Waals surface area contributed by atoms with Crippen molar-refractivity contribution in [3.63, 3.8) is 0 Å². The number of ether oxygens (including phenoxy) is 1. The summed E-state index contributed by atoms with van der Waals surface area (Å²) in [7, 11) is -3.87. The van der Waals surface area contributed by atoms with Crippen LogP contribution in [0.25, 0.3) is 0 Å². The van der Waals surface area contributed by atoms with Gasteiger partial charge in [0, 0.05) is 18.7 Å². The lowest BCUT2D eigenvalue weighted by Crippen LogP contribution is -2.48. The monoisotopic (exact) mass is 443 g/mol. The second-order valence-electron chi connectivity index (χ2n) is 6.97. The van der Waals surface area contributed by atoms with Crippen LogP contribution in [0.1, 0.15) is 29.9 Å². The quantitative estimate of drug-likeness (QED) is 0.784. The van der Waals surface area contributed by atoms with Crippen LogP contribution in [-0.4, -0.2) is 48.9 Å². The van der Waals surface area contributed by atoms with Gasteiger partial charge in [0.25, 0.3) is 5.91 Å². The molecule has 0 unspecified atom stereocenters. The van der Waals surface area contributed by atoms with Gasteiger partial charge >= 0.3 is 6.18 Å². The van der Waals surface area contributed by atoms with Gasteiger partial charge in [0.05, 0.1) is 17.1 Å². The average Bonchev–Trinajstić information content (AvgIpc) is 2.67. The maximum absolute atomic E-state index is 13.0. The van der Waals surface area contributed by atoms with Gasteiger partial charge in [0.2, 0.25) is 10.0 Å². The van der Waals surface area contributed by atoms with Crippen molar-refractivity contribution in [3.05, 3.63) is 53.7 Å². The van der Waals surface area contributed by atoms with Gasteiger partial charge in [-0.25, -0.2) is 13.4 Å². The van der Waals surface area contributed by atoms with Crippen LogP contribution in [0.3, 0.4) is 0 Å². The Kier molecular flexibility index (Phi) is 6.16. The highest BCUT2D eigenvalue weighted by Gasteiger charge is 2.33. The second kappa shape index (κ2) is 8.32. The molecule has 1 saturated heterocycles. The number of hydrogen-bond donors (Lipinski definition) is 1.